The van der Waals surface area contributed by atoms with E-state index in [2.05, 4.69) is 4.74 Å². The topological polar surface area (TPSA) is 55.5 Å². The summed E-state index contributed by atoms with van der Waals surface area (Å²) in [6, 6.07) is 5.46. The number of hydrogen-bond donors (Lipinski definition) is 2. The van der Waals surface area contributed by atoms with Crippen LogP contribution >= 0.6 is 0 Å². The summed E-state index contributed by atoms with van der Waals surface area (Å²) in [6.45, 7) is 0.0599. The van der Waals surface area contributed by atoms with Crippen LogP contribution in [0, 0.1) is 0 Å². The summed E-state index contributed by atoms with van der Waals surface area (Å²) in [5, 5.41) is 9.25. The number of rotatable bonds is 4. The van der Waals surface area contributed by atoms with E-state index in [1.165, 1.54) is 18.2 Å². The van der Waals surface area contributed by atoms with Crippen LogP contribution in [0.2, 0.25) is 0 Å². The Morgan fingerprint density at radius 3 is 2.62 bits per heavy atom. The van der Waals surface area contributed by atoms with Crippen LogP contribution in [0.3, 0.4) is 0 Å². The minimum Gasteiger partial charge on any atom is -0.406 e. The van der Waals surface area contributed by atoms with E-state index in [9.17, 15) is 18.3 Å². The van der Waals surface area contributed by atoms with Crippen LogP contribution in [0.15, 0.2) is 24.3 Å². The monoisotopic (exact) mass is 235 g/mol. The predicted molar refractivity (Wildman–Crippen MR) is 51.9 cm³/mol. The third-order valence-electron chi connectivity index (χ3n) is 1.88. The number of ether oxygens (including phenoxy) is 1. The largest absolute Gasteiger partial charge is 0.573 e. The normalized spacial score (nSPS) is 13.6. The Balaban J connectivity index is 2.71. The lowest BCUT2D eigenvalue weighted by atomic mass is 10.1. The van der Waals surface area contributed by atoms with E-state index in [1.807, 2.05) is 0 Å². The van der Waals surface area contributed by atoms with Crippen LogP contribution < -0.4 is 10.5 Å². The molecule has 3 nitrogen and oxygen atoms in total. The van der Waals surface area contributed by atoms with Crippen LogP contribution in [-0.4, -0.2) is 24.1 Å². The summed E-state index contributed by atoms with van der Waals surface area (Å²) < 4.78 is 39.5. The highest BCUT2D eigenvalue weighted by molar-refractivity contribution is 5.29. The van der Waals surface area contributed by atoms with Gasteiger partial charge in [0.05, 0.1) is 6.10 Å². The lowest BCUT2D eigenvalue weighted by Gasteiger charge is -2.11. The molecule has 0 fully saturated rings. The molecule has 0 bridgehead atoms. The van der Waals surface area contributed by atoms with Crippen molar-refractivity contribution >= 4 is 0 Å². The Hall–Kier alpha value is -1.27. The summed E-state index contributed by atoms with van der Waals surface area (Å²) in [7, 11) is 0. The predicted octanol–water partition coefficient (Wildman–Crippen LogP) is 1.45. The first-order valence-corrected chi connectivity index (χ1v) is 4.63. The summed E-state index contributed by atoms with van der Waals surface area (Å²) in [4.78, 5) is 0. The van der Waals surface area contributed by atoms with Gasteiger partial charge in [-0.3, -0.25) is 0 Å². The van der Waals surface area contributed by atoms with Crippen molar-refractivity contribution in [3.8, 4) is 5.75 Å². The molecule has 0 amide bonds. The first-order chi connectivity index (χ1) is 7.40. The van der Waals surface area contributed by atoms with E-state index in [0.29, 0.717) is 5.56 Å². The molecule has 0 aliphatic carbocycles. The van der Waals surface area contributed by atoms with E-state index in [4.69, 9.17) is 5.73 Å². The average molecular weight is 235 g/mol. The molecule has 0 radical (unpaired) electrons. The van der Waals surface area contributed by atoms with E-state index in [0.717, 1.165) is 0 Å². The highest BCUT2D eigenvalue weighted by Gasteiger charge is 2.31. The first kappa shape index (κ1) is 12.8. The molecule has 90 valence electrons. The maximum Gasteiger partial charge on any atom is 0.573 e. The van der Waals surface area contributed by atoms with Crippen molar-refractivity contribution in [1.82, 2.24) is 0 Å². The number of aliphatic hydroxyl groups excluding tert-OH is 1. The standard InChI is InChI=1S/C10H12F3NO2/c11-10(12,13)16-9-3-1-2-7(5-9)4-8(15)6-14/h1-3,5,8,15H,4,6,14H2. The summed E-state index contributed by atoms with van der Waals surface area (Å²) in [5.41, 5.74) is 5.74. The zero-order chi connectivity index (χ0) is 12.2. The van der Waals surface area contributed by atoms with Gasteiger partial charge in [-0.1, -0.05) is 12.1 Å². The van der Waals surface area contributed by atoms with Gasteiger partial charge in [0.1, 0.15) is 5.75 Å². The fourth-order valence-electron chi connectivity index (χ4n) is 1.22. The zero-order valence-electron chi connectivity index (χ0n) is 8.37. The highest BCUT2D eigenvalue weighted by Crippen LogP contribution is 2.23. The second kappa shape index (κ2) is 5.18. The van der Waals surface area contributed by atoms with Crippen LogP contribution in [-0.2, 0) is 6.42 Å². The van der Waals surface area contributed by atoms with Gasteiger partial charge in [-0.25, -0.2) is 0 Å². The quantitative estimate of drug-likeness (QED) is 0.830. The molecule has 1 atom stereocenters. The van der Waals surface area contributed by atoms with E-state index in [-0.39, 0.29) is 18.7 Å². The van der Waals surface area contributed by atoms with Gasteiger partial charge in [0.2, 0.25) is 0 Å². The molecule has 0 aliphatic heterocycles. The fraction of sp³-hybridized carbons (Fsp3) is 0.400. The van der Waals surface area contributed by atoms with Gasteiger partial charge in [-0.2, -0.15) is 0 Å². The molecule has 1 aromatic rings. The van der Waals surface area contributed by atoms with Gasteiger partial charge >= 0.3 is 6.36 Å². The second-order valence-corrected chi connectivity index (χ2v) is 3.29. The molecule has 0 heterocycles. The van der Waals surface area contributed by atoms with Crippen molar-refractivity contribution in [3.05, 3.63) is 29.8 Å². The number of halogens is 3. The number of alkyl halides is 3. The van der Waals surface area contributed by atoms with Crippen LogP contribution in [0.25, 0.3) is 0 Å². The fourth-order valence-corrected chi connectivity index (χ4v) is 1.22. The number of aliphatic hydroxyl groups is 1. The van der Waals surface area contributed by atoms with Gasteiger partial charge in [0.15, 0.2) is 0 Å². The number of hydrogen-bond acceptors (Lipinski definition) is 3. The molecule has 1 unspecified atom stereocenters. The van der Waals surface area contributed by atoms with Gasteiger partial charge < -0.3 is 15.6 Å². The Labute approximate surface area is 90.6 Å². The summed E-state index contributed by atoms with van der Waals surface area (Å²) in [5.74, 6) is -0.297. The van der Waals surface area contributed by atoms with Crippen molar-refractivity contribution in [3.63, 3.8) is 0 Å². The zero-order valence-corrected chi connectivity index (χ0v) is 8.37. The molecule has 6 heteroatoms. The van der Waals surface area contributed by atoms with Gasteiger partial charge in [0.25, 0.3) is 0 Å². The third kappa shape index (κ3) is 4.50. The molecular weight excluding hydrogens is 223 g/mol. The van der Waals surface area contributed by atoms with Crippen molar-refractivity contribution < 1.29 is 23.0 Å². The molecular formula is C10H12F3NO2. The van der Waals surface area contributed by atoms with Crippen LogP contribution in [0.1, 0.15) is 5.56 Å². The van der Waals surface area contributed by atoms with Crippen LogP contribution in [0.5, 0.6) is 5.75 Å². The first-order valence-electron chi connectivity index (χ1n) is 4.63. The summed E-state index contributed by atoms with van der Waals surface area (Å²) in [6.07, 6.45) is -5.27. The molecule has 0 saturated heterocycles. The smallest absolute Gasteiger partial charge is 0.406 e. The number of benzene rings is 1. The second-order valence-electron chi connectivity index (χ2n) is 3.29. The Bertz CT molecular complexity index is 341. The van der Waals surface area contributed by atoms with Gasteiger partial charge in [0, 0.05) is 6.54 Å². The van der Waals surface area contributed by atoms with Gasteiger partial charge in [-0.05, 0) is 24.1 Å². The van der Waals surface area contributed by atoms with Crippen molar-refractivity contribution in [1.29, 1.82) is 0 Å². The van der Waals surface area contributed by atoms with Crippen molar-refractivity contribution in [2.24, 2.45) is 5.73 Å². The van der Waals surface area contributed by atoms with Gasteiger partial charge in [-0.15, -0.1) is 13.2 Å². The molecule has 16 heavy (non-hydrogen) atoms. The molecule has 1 rings (SSSR count). The van der Waals surface area contributed by atoms with E-state index < -0.39 is 12.5 Å². The average Bonchev–Trinajstić information content (AvgIpc) is 2.15. The van der Waals surface area contributed by atoms with Crippen molar-refractivity contribution in [2.45, 2.75) is 18.9 Å². The van der Waals surface area contributed by atoms with E-state index >= 15 is 0 Å². The summed E-state index contributed by atoms with van der Waals surface area (Å²) >= 11 is 0. The third-order valence-corrected chi connectivity index (χ3v) is 1.88. The van der Waals surface area contributed by atoms with Crippen LogP contribution in [0.4, 0.5) is 13.2 Å². The Kier molecular flexibility index (Phi) is 4.14. The molecule has 0 aliphatic rings. The maximum absolute atomic E-state index is 11.9. The molecule has 0 aromatic heterocycles. The highest BCUT2D eigenvalue weighted by atomic mass is 19.4. The molecule has 0 saturated carbocycles. The van der Waals surface area contributed by atoms with Crippen molar-refractivity contribution in [2.75, 3.05) is 6.54 Å². The lowest BCUT2D eigenvalue weighted by molar-refractivity contribution is -0.274. The minimum absolute atomic E-state index is 0.0599. The maximum atomic E-state index is 11.9. The molecule has 1 aromatic carbocycles. The minimum atomic E-state index is -4.70. The van der Waals surface area contributed by atoms with E-state index in [1.54, 1.807) is 6.07 Å². The SMILES string of the molecule is NCC(O)Cc1cccc(OC(F)(F)F)c1. The molecule has 0 spiro atoms. The Morgan fingerprint density at radius 1 is 1.38 bits per heavy atom. The Morgan fingerprint density at radius 2 is 2.06 bits per heavy atom. The number of nitrogens with two attached hydrogens (primary N) is 1. The molecule has 3 N–H and O–H groups in total. The lowest BCUT2D eigenvalue weighted by Crippen LogP contribution is -2.22.